The van der Waals surface area contributed by atoms with Crippen molar-refractivity contribution < 1.29 is 4.39 Å². The minimum absolute atomic E-state index is 0.0106. The van der Waals surface area contributed by atoms with Crippen LogP contribution in [0.3, 0.4) is 0 Å². The van der Waals surface area contributed by atoms with Crippen molar-refractivity contribution in [2.45, 2.75) is 25.2 Å². The van der Waals surface area contributed by atoms with E-state index in [0.717, 1.165) is 12.3 Å². The standard InChI is InChI=1S/C9H12FN3/c10-7-8(12-13-9(7)11)6-3-5(6)4-1-2-4/h4-6H,1-3H2,(H3,11,12,13). The number of rotatable bonds is 2. The van der Waals surface area contributed by atoms with Gasteiger partial charge < -0.3 is 5.73 Å². The maximum absolute atomic E-state index is 13.3. The Morgan fingerprint density at radius 3 is 2.77 bits per heavy atom. The number of H-pyrrole nitrogens is 1. The number of anilines is 1. The zero-order chi connectivity index (χ0) is 9.00. The van der Waals surface area contributed by atoms with Gasteiger partial charge in [-0.3, -0.25) is 5.10 Å². The maximum atomic E-state index is 13.3. The molecule has 4 heteroatoms. The van der Waals surface area contributed by atoms with Crippen LogP contribution < -0.4 is 5.73 Å². The van der Waals surface area contributed by atoms with E-state index < -0.39 is 0 Å². The van der Waals surface area contributed by atoms with Gasteiger partial charge in [0.15, 0.2) is 11.6 Å². The lowest BCUT2D eigenvalue weighted by Gasteiger charge is -1.93. The summed E-state index contributed by atoms with van der Waals surface area (Å²) in [6.07, 6.45) is 3.77. The SMILES string of the molecule is Nc1n[nH]c(C2CC2C2CC2)c1F. The number of nitrogens with one attached hydrogen (secondary N) is 1. The second kappa shape index (κ2) is 2.25. The van der Waals surface area contributed by atoms with Crippen molar-refractivity contribution in [3.05, 3.63) is 11.5 Å². The van der Waals surface area contributed by atoms with Crippen molar-refractivity contribution in [2.75, 3.05) is 5.73 Å². The van der Waals surface area contributed by atoms with Crippen molar-refractivity contribution in [1.82, 2.24) is 10.2 Å². The van der Waals surface area contributed by atoms with Gasteiger partial charge in [-0.25, -0.2) is 4.39 Å². The molecule has 2 unspecified atom stereocenters. The molecule has 0 radical (unpaired) electrons. The summed E-state index contributed by atoms with van der Waals surface area (Å²) in [5, 5.41) is 6.37. The molecule has 0 saturated heterocycles. The Kier molecular flexibility index (Phi) is 1.27. The zero-order valence-corrected chi connectivity index (χ0v) is 7.26. The van der Waals surface area contributed by atoms with E-state index in [1.165, 1.54) is 12.8 Å². The summed E-state index contributed by atoms with van der Waals surface area (Å²) >= 11 is 0. The lowest BCUT2D eigenvalue weighted by atomic mass is 10.2. The van der Waals surface area contributed by atoms with Gasteiger partial charge in [0.25, 0.3) is 0 Å². The molecule has 2 aliphatic carbocycles. The third-order valence-electron chi connectivity index (χ3n) is 3.20. The predicted molar refractivity (Wildman–Crippen MR) is 46.5 cm³/mol. The average Bonchev–Trinajstić information content (AvgIpc) is 2.98. The van der Waals surface area contributed by atoms with Crippen LogP contribution in [0.15, 0.2) is 0 Å². The average molecular weight is 181 g/mol. The highest BCUT2D eigenvalue weighted by Crippen LogP contribution is 2.59. The Hall–Kier alpha value is -1.06. The maximum Gasteiger partial charge on any atom is 0.188 e. The molecule has 13 heavy (non-hydrogen) atoms. The second-order valence-corrected chi connectivity index (χ2v) is 4.18. The predicted octanol–water partition coefficient (Wildman–Crippen LogP) is 1.64. The largest absolute Gasteiger partial charge is 0.380 e. The first-order valence-corrected chi connectivity index (χ1v) is 4.76. The molecule has 0 aliphatic heterocycles. The van der Waals surface area contributed by atoms with Gasteiger partial charge >= 0.3 is 0 Å². The first kappa shape index (κ1) is 7.35. The van der Waals surface area contributed by atoms with Gasteiger partial charge in [0.05, 0.1) is 5.69 Å². The quantitative estimate of drug-likeness (QED) is 0.728. The van der Waals surface area contributed by atoms with Gasteiger partial charge in [-0.2, -0.15) is 5.10 Å². The number of nitrogens with zero attached hydrogens (tertiary/aromatic N) is 1. The van der Waals surface area contributed by atoms with Crippen LogP contribution in [0, 0.1) is 17.7 Å². The van der Waals surface area contributed by atoms with E-state index in [0.29, 0.717) is 17.5 Å². The molecule has 2 atom stereocenters. The smallest absolute Gasteiger partial charge is 0.188 e. The minimum Gasteiger partial charge on any atom is -0.380 e. The Morgan fingerprint density at radius 1 is 1.46 bits per heavy atom. The molecule has 2 saturated carbocycles. The van der Waals surface area contributed by atoms with Crippen LogP contribution in [-0.4, -0.2) is 10.2 Å². The van der Waals surface area contributed by atoms with Crippen LogP contribution >= 0.6 is 0 Å². The highest BCUT2D eigenvalue weighted by atomic mass is 19.1. The summed E-state index contributed by atoms with van der Waals surface area (Å²) in [7, 11) is 0. The summed E-state index contributed by atoms with van der Waals surface area (Å²) in [5.74, 6) is 1.62. The fourth-order valence-corrected chi connectivity index (χ4v) is 2.19. The van der Waals surface area contributed by atoms with Crippen LogP contribution in [-0.2, 0) is 0 Å². The molecular weight excluding hydrogens is 169 g/mol. The number of nitrogen functional groups attached to an aromatic ring is 1. The van der Waals surface area contributed by atoms with Gasteiger partial charge in [-0.05, 0) is 31.1 Å². The summed E-state index contributed by atoms with van der Waals surface area (Å²) < 4.78 is 13.3. The highest BCUT2D eigenvalue weighted by molar-refractivity contribution is 5.35. The molecule has 0 bridgehead atoms. The molecule has 3 N–H and O–H groups in total. The number of aromatic amines is 1. The third-order valence-corrected chi connectivity index (χ3v) is 3.20. The molecule has 2 fully saturated rings. The number of hydrogen-bond donors (Lipinski definition) is 2. The molecular formula is C9H12FN3. The lowest BCUT2D eigenvalue weighted by molar-refractivity contribution is 0.600. The van der Waals surface area contributed by atoms with Gasteiger partial charge in [0.1, 0.15) is 0 Å². The Balaban J connectivity index is 1.82. The van der Waals surface area contributed by atoms with E-state index in [9.17, 15) is 4.39 Å². The molecule has 1 aromatic heterocycles. The van der Waals surface area contributed by atoms with E-state index in [1.807, 2.05) is 0 Å². The molecule has 1 heterocycles. The summed E-state index contributed by atoms with van der Waals surface area (Å²) in [5.41, 5.74) is 5.96. The van der Waals surface area contributed by atoms with Gasteiger partial charge in [-0.15, -0.1) is 0 Å². The lowest BCUT2D eigenvalue weighted by Crippen LogP contribution is -1.90. The first-order valence-electron chi connectivity index (χ1n) is 4.76. The Labute approximate surface area is 75.5 Å². The number of hydrogen-bond acceptors (Lipinski definition) is 2. The van der Waals surface area contributed by atoms with Gasteiger partial charge in [-0.1, -0.05) is 0 Å². The van der Waals surface area contributed by atoms with E-state index in [1.54, 1.807) is 0 Å². The molecule has 0 spiro atoms. The number of halogens is 1. The molecule has 0 aromatic carbocycles. The molecule has 3 nitrogen and oxygen atoms in total. The molecule has 3 rings (SSSR count). The van der Waals surface area contributed by atoms with Gasteiger partial charge in [0, 0.05) is 5.92 Å². The topological polar surface area (TPSA) is 54.7 Å². The van der Waals surface area contributed by atoms with Crippen molar-refractivity contribution in [2.24, 2.45) is 11.8 Å². The van der Waals surface area contributed by atoms with Crippen molar-refractivity contribution in [3.63, 3.8) is 0 Å². The van der Waals surface area contributed by atoms with Crippen LogP contribution in [0.5, 0.6) is 0 Å². The zero-order valence-electron chi connectivity index (χ0n) is 7.26. The van der Waals surface area contributed by atoms with Crippen molar-refractivity contribution >= 4 is 5.82 Å². The molecule has 70 valence electrons. The van der Waals surface area contributed by atoms with Crippen molar-refractivity contribution in [1.29, 1.82) is 0 Å². The highest BCUT2D eigenvalue weighted by Gasteiger charge is 2.49. The van der Waals surface area contributed by atoms with Gasteiger partial charge in [0.2, 0.25) is 0 Å². The molecule has 1 aromatic rings. The number of aromatic nitrogens is 2. The van der Waals surface area contributed by atoms with Crippen molar-refractivity contribution in [3.8, 4) is 0 Å². The van der Waals surface area contributed by atoms with E-state index >= 15 is 0 Å². The Bertz CT molecular complexity index is 343. The van der Waals surface area contributed by atoms with Crippen LogP contribution in [0.4, 0.5) is 10.2 Å². The van der Waals surface area contributed by atoms with Crippen LogP contribution in [0.2, 0.25) is 0 Å². The summed E-state index contributed by atoms with van der Waals surface area (Å²) in [6, 6.07) is 0. The first-order chi connectivity index (χ1) is 6.27. The number of nitrogens with two attached hydrogens (primary N) is 1. The third kappa shape index (κ3) is 1.04. The Morgan fingerprint density at radius 2 is 2.23 bits per heavy atom. The van der Waals surface area contributed by atoms with Crippen LogP contribution in [0.25, 0.3) is 0 Å². The summed E-state index contributed by atoms with van der Waals surface area (Å²) in [6.45, 7) is 0. The fourth-order valence-electron chi connectivity index (χ4n) is 2.19. The minimum atomic E-state index is -0.326. The van der Waals surface area contributed by atoms with Crippen LogP contribution in [0.1, 0.15) is 30.9 Å². The normalized spacial score (nSPS) is 32.1. The summed E-state index contributed by atoms with van der Waals surface area (Å²) in [4.78, 5) is 0. The monoisotopic (exact) mass is 181 g/mol. The van der Waals surface area contributed by atoms with E-state index in [2.05, 4.69) is 10.2 Å². The van der Waals surface area contributed by atoms with E-state index in [4.69, 9.17) is 5.73 Å². The molecule has 2 aliphatic rings. The fraction of sp³-hybridized carbons (Fsp3) is 0.667. The molecule has 0 amide bonds. The second-order valence-electron chi connectivity index (χ2n) is 4.18. The van der Waals surface area contributed by atoms with E-state index in [-0.39, 0.29) is 11.6 Å².